The number of amides is 1. The van der Waals surface area contributed by atoms with Crippen molar-refractivity contribution < 1.29 is 4.79 Å². The van der Waals surface area contributed by atoms with E-state index < -0.39 is 0 Å². The zero-order valence-corrected chi connectivity index (χ0v) is 12.7. The molecule has 0 fully saturated rings. The molecule has 0 aliphatic heterocycles. The van der Waals surface area contributed by atoms with Crippen molar-refractivity contribution in [2.75, 3.05) is 5.73 Å². The third kappa shape index (κ3) is 4.51. The largest absolute Gasteiger partial charge is 0.399 e. The predicted molar refractivity (Wildman–Crippen MR) is 87.6 cm³/mol. The van der Waals surface area contributed by atoms with Crippen LogP contribution < -0.4 is 17.0 Å². The smallest absolute Gasteiger partial charge is 0.238 e. The van der Waals surface area contributed by atoms with Crippen molar-refractivity contribution in [1.29, 1.82) is 0 Å². The summed E-state index contributed by atoms with van der Waals surface area (Å²) < 4.78 is 0. The molecule has 2 aromatic rings. The molecule has 21 heavy (non-hydrogen) atoms. The van der Waals surface area contributed by atoms with Gasteiger partial charge in [0, 0.05) is 16.3 Å². The molecular weight excluding hydrogens is 282 g/mol. The molecule has 0 radical (unpaired) electrons. The Morgan fingerprint density at radius 3 is 2.43 bits per heavy atom. The molecule has 0 heterocycles. The molecule has 0 bridgehead atoms. The number of hydrogen-bond donors (Lipinski definition) is 3. The van der Waals surface area contributed by atoms with Crippen molar-refractivity contribution in [2.45, 2.75) is 24.0 Å². The number of benzene rings is 2. The van der Waals surface area contributed by atoms with E-state index in [4.69, 9.17) is 11.6 Å². The third-order valence-electron chi connectivity index (χ3n) is 3.20. The van der Waals surface area contributed by atoms with E-state index in [-0.39, 0.29) is 5.91 Å². The summed E-state index contributed by atoms with van der Waals surface area (Å²) in [5, 5.41) is 0. The van der Waals surface area contributed by atoms with E-state index in [1.807, 2.05) is 43.3 Å². The second-order valence-electron chi connectivity index (χ2n) is 4.87. The number of nitrogens with two attached hydrogens (primary N) is 2. The second kappa shape index (κ2) is 7.15. The van der Waals surface area contributed by atoms with E-state index in [9.17, 15) is 4.79 Å². The standard InChI is InChI=1S/C16H19N3OS/c1-11-8-14(6-7-15(11)17)21-10-13-4-2-12(3-5-13)9-16(20)19-18/h2-8H,9-10,17-18H2,1H3,(H,19,20). The summed E-state index contributed by atoms with van der Waals surface area (Å²) in [6.07, 6.45) is 0.307. The Kier molecular flexibility index (Phi) is 5.25. The van der Waals surface area contributed by atoms with Crippen molar-refractivity contribution in [2.24, 2.45) is 5.84 Å². The highest BCUT2D eigenvalue weighted by molar-refractivity contribution is 7.98. The number of thioether (sulfide) groups is 1. The van der Waals surface area contributed by atoms with Crippen LogP contribution in [0.4, 0.5) is 5.69 Å². The van der Waals surface area contributed by atoms with Gasteiger partial charge in [-0.1, -0.05) is 24.3 Å². The zero-order chi connectivity index (χ0) is 15.2. The molecule has 110 valence electrons. The fourth-order valence-corrected chi connectivity index (χ4v) is 2.84. The fourth-order valence-electron chi connectivity index (χ4n) is 1.89. The molecule has 0 atom stereocenters. The summed E-state index contributed by atoms with van der Waals surface area (Å²) >= 11 is 1.77. The van der Waals surface area contributed by atoms with Gasteiger partial charge in [-0.25, -0.2) is 5.84 Å². The number of aryl methyl sites for hydroxylation is 1. The van der Waals surface area contributed by atoms with E-state index in [1.54, 1.807) is 11.8 Å². The first-order chi connectivity index (χ1) is 10.1. The lowest BCUT2D eigenvalue weighted by molar-refractivity contribution is -0.120. The van der Waals surface area contributed by atoms with Crippen LogP contribution in [-0.4, -0.2) is 5.91 Å². The first-order valence-electron chi connectivity index (χ1n) is 6.64. The van der Waals surface area contributed by atoms with Crippen LogP contribution in [0.1, 0.15) is 16.7 Å². The number of carbonyl (C=O) groups excluding carboxylic acids is 1. The van der Waals surface area contributed by atoms with Crippen LogP contribution in [0.3, 0.4) is 0 Å². The molecule has 2 aromatic carbocycles. The average Bonchev–Trinajstić information content (AvgIpc) is 2.50. The summed E-state index contributed by atoms with van der Waals surface area (Å²) in [6, 6.07) is 14.1. The van der Waals surface area contributed by atoms with Gasteiger partial charge in [-0.05, 0) is 41.8 Å². The average molecular weight is 301 g/mol. The van der Waals surface area contributed by atoms with Gasteiger partial charge in [-0.15, -0.1) is 11.8 Å². The molecule has 2 rings (SSSR count). The SMILES string of the molecule is Cc1cc(SCc2ccc(CC(=O)NN)cc2)ccc1N. The number of anilines is 1. The summed E-state index contributed by atoms with van der Waals surface area (Å²) in [4.78, 5) is 12.4. The van der Waals surface area contributed by atoms with E-state index in [0.29, 0.717) is 6.42 Å². The number of hydrogen-bond acceptors (Lipinski definition) is 4. The number of nitrogens with one attached hydrogen (secondary N) is 1. The van der Waals surface area contributed by atoms with Gasteiger partial charge in [0.2, 0.25) is 5.91 Å². The van der Waals surface area contributed by atoms with Crippen molar-refractivity contribution in [3.05, 3.63) is 59.2 Å². The molecule has 0 unspecified atom stereocenters. The fraction of sp³-hybridized carbons (Fsp3) is 0.188. The van der Waals surface area contributed by atoms with E-state index in [2.05, 4.69) is 11.5 Å². The third-order valence-corrected chi connectivity index (χ3v) is 4.26. The highest BCUT2D eigenvalue weighted by atomic mass is 32.2. The lowest BCUT2D eigenvalue weighted by atomic mass is 10.1. The summed E-state index contributed by atoms with van der Waals surface area (Å²) in [5.74, 6) is 5.77. The van der Waals surface area contributed by atoms with Gasteiger partial charge >= 0.3 is 0 Å². The maximum Gasteiger partial charge on any atom is 0.238 e. The number of rotatable bonds is 5. The van der Waals surface area contributed by atoms with Gasteiger partial charge in [0.05, 0.1) is 6.42 Å². The first kappa shape index (κ1) is 15.4. The van der Waals surface area contributed by atoms with Crippen LogP contribution in [-0.2, 0) is 17.0 Å². The highest BCUT2D eigenvalue weighted by Crippen LogP contribution is 2.25. The van der Waals surface area contributed by atoms with Crippen molar-refractivity contribution in [3.63, 3.8) is 0 Å². The molecule has 1 amide bonds. The Morgan fingerprint density at radius 1 is 1.14 bits per heavy atom. The van der Waals surface area contributed by atoms with Crippen LogP contribution in [0.2, 0.25) is 0 Å². The van der Waals surface area contributed by atoms with E-state index >= 15 is 0 Å². The monoisotopic (exact) mass is 301 g/mol. The van der Waals surface area contributed by atoms with Gasteiger partial charge in [-0.3, -0.25) is 10.2 Å². The van der Waals surface area contributed by atoms with Crippen LogP contribution >= 0.6 is 11.8 Å². The molecule has 0 aliphatic rings. The topological polar surface area (TPSA) is 81.1 Å². The van der Waals surface area contributed by atoms with Crippen molar-refractivity contribution in [1.82, 2.24) is 5.43 Å². The molecule has 0 aliphatic carbocycles. The minimum Gasteiger partial charge on any atom is -0.399 e. The van der Waals surface area contributed by atoms with Crippen LogP contribution in [0.25, 0.3) is 0 Å². The number of nitrogen functional groups attached to an aromatic ring is 1. The van der Waals surface area contributed by atoms with Crippen LogP contribution in [0.15, 0.2) is 47.4 Å². The first-order valence-corrected chi connectivity index (χ1v) is 7.63. The normalized spacial score (nSPS) is 10.4. The van der Waals surface area contributed by atoms with Gasteiger partial charge in [0.1, 0.15) is 0 Å². The zero-order valence-electron chi connectivity index (χ0n) is 11.9. The minimum atomic E-state index is -0.186. The molecule has 5 N–H and O–H groups in total. The Bertz CT molecular complexity index is 626. The van der Waals surface area contributed by atoms with Crippen LogP contribution in [0, 0.1) is 6.92 Å². The predicted octanol–water partition coefficient (Wildman–Crippen LogP) is 2.40. The Balaban J connectivity index is 1.94. The Morgan fingerprint density at radius 2 is 1.81 bits per heavy atom. The number of carbonyl (C=O) groups is 1. The highest BCUT2D eigenvalue weighted by Gasteiger charge is 2.02. The summed E-state index contributed by atoms with van der Waals surface area (Å²) in [5.41, 5.74) is 12.0. The number of hydrazine groups is 1. The van der Waals surface area contributed by atoms with Gasteiger partial charge in [-0.2, -0.15) is 0 Å². The molecule has 0 aromatic heterocycles. The maximum absolute atomic E-state index is 11.2. The quantitative estimate of drug-likeness (QED) is 0.260. The lowest BCUT2D eigenvalue weighted by Gasteiger charge is -2.06. The van der Waals surface area contributed by atoms with Crippen molar-refractivity contribution >= 4 is 23.4 Å². The summed E-state index contributed by atoms with van der Waals surface area (Å²) in [6.45, 7) is 2.01. The molecule has 0 saturated carbocycles. The molecule has 4 nitrogen and oxygen atoms in total. The summed E-state index contributed by atoms with van der Waals surface area (Å²) in [7, 11) is 0. The van der Waals surface area contributed by atoms with E-state index in [1.165, 1.54) is 10.5 Å². The molecule has 0 spiro atoms. The molecule has 5 heteroatoms. The minimum absolute atomic E-state index is 0.186. The van der Waals surface area contributed by atoms with Crippen molar-refractivity contribution in [3.8, 4) is 0 Å². The molecule has 0 saturated heterocycles. The van der Waals surface area contributed by atoms with Crippen LogP contribution in [0.5, 0.6) is 0 Å². The van der Waals surface area contributed by atoms with E-state index in [0.717, 1.165) is 22.6 Å². The second-order valence-corrected chi connectivity index (χ2v) is 5.92. The van der Waals surface area contributed by atoms with Gasteiger partial charge in [0.15, 0.2) is 0 Å². The van der Waals surface area contributed by atoms with Gasteiger partial charge in [0.25, 0.3) is 0 Å². The Hall–Kier alpha value is -1.98. The molecular formula is C16H19N3OS. The lowest BCUT2D eigenvalue weighted by Crippen LogP contribution is -2.31. The Labute approximate surface area is 128 Å². The maximum atomic E-state index is 11.2. The van der Waals surface area contributed by atoms with Gasteiger partial charge < -0.3 is 5.73 Å².